The summed E-state index contributed by atoms with van der Waals surface area (Å²) in [6, 6.07) is 10.8. The Kier molecular flexibility index (Phi) is 4.17. The summed E-state index contributed by atoms with van der Waals surface area (Å²) in [4.78, 5) is 11.8. The lowest BCUT2D eigenvalue weighted by atomic mass is 10.1. The molecule has 0 aromatic heterocycles. The number of benzene rings is 2. The highest BCUT2D eigenvalue weighted by Gasteiger charge is 2.09. The van der Waals surface area contributed by atoms with Crippen LogP contribution in [0.3, 0.4) is 0 Å². The van der Waals surface area contributed by atoms with E-state index in [1.54, 1.807) is 18.2 Å². The van der Waals surface area contributed by atoms with Crippen molar-refractivity contribution in [3.05, 3.63) is 64.4 Å². The van der Waals surface area contributed by atoms with E-state index >= 15 is 0 Å². The van der Waals surface area contributed by atoms with E-state index in [1.807, 2.05) is 13.0 Å². The van der Waals surface area contributed by atoms with Gasteiger partial charge in [0.2, 0.25) is 0 Å². The lowest BCUT2D eigenvalue weighted by Gasteiger charge is -2.08. The molecule has 0 aliphatic carbocycles. The summed E-state index contributed by atoms with van der Waals surface area (Å²) >= 11 is 5.95. The minimum absolute atomic E-state index is 0.174. The zero-order valence-corrected chi connectivity index (χ0v) is 11.1. The molecule has 19 heavy (non-hydrogen) atoms. The van der Waals surface area contributed by atoms with Crippen molar-refractivity contribution < 1.29 is 13.9 Å². The van der Waals surface area contributed by atoms with Gasteiger partial charge in [-0.3, -0.25) is 4.79 Å². The van der Waals surface area contributed by atoms with Crippen LogP contribution in [0.1, 0.15) is 15.9 Å². The van der Waals surface area contributed by atoms with Gasteiger partial charge in [-0.15, -0.1) is 0 Å². The molecule has 4 heteroatoms. The standard InChI is InChI=1S/C15H12ClFO2/c1-10-5-6-13(16)15(7-10)19-9-14(18)11-3-2-4-12(17)8-11/h2-8H,9H2,1H3. The second kappa shape index (κ2) is 5.85. The smallest absolute Gasteiger partial charge is 0.200 e. The summed E-state index contributed by atoms with van der Waals surface area (Å²) in [6.07, 6.45) is 0. The fourth-order valence-electron chi connectivity index (χ4n) is 1.61. The van der Waals surface area contributed by atoms with Crippen molar-refractivity contribution in [1.29, 1.82) is 0 Å². The van der Waals surface area contributed by atoms with Crippen molar-refractivity contribution in [3.63, 3.8) is 0 Å². The molecule has 0 amide bonds. The molecule has 0 bridgehead atoms. The maximum absolute atomic E-state index is 13.0. The number of hydrogen-bond acceptors (Lipinski definition) is 2. The van der Waals surface area contributed by atoms with Gasteiger partial charge in [-0.25, -0.2) is 4.39 Å². The third-order valence-electron chi connectivity index (χ3n) is 2.59. The van der Waals surface area contributed by atoms with E-state index in [9.17, 15) is 9.18 Å². The van der Waals surface area contributed by atoms with Gasteiger partial charge in [-0.05, 0) is 36.8 Å². The quantitative estimate of drug-likeness (QED) is 0.789. The second-order valence-electron chi connectivity index (χ2n) is 4.16. The van der Waals surface area contributed by atoms with Gasteiger partial charge < -0.3 is 4.74 Å². The van der Waals surface area contributed by atoms with Crippen LogP contribution in [0.2, 0.25) is 5.02 Å². The molecule has 0 atom stereocenters. The number of carbonyl (C=O) groups is 1. The molecule has 2 rings (SSSR count). The summed E-state index contributed by atoms with van der Waals surface area (Å²) in [5.74, 6) is -0.289. The molecule has 2 nitrogen and oxygen atoms in total. The third kappa shape index (κ3) is 3.55. The minimum Gasteiger partial charge on any atom is -0.484 e. The fourth-order valence-corrected chi connectivity index (χ4v) is 1.78. The third-order valence-corrected chi connectivity index (χ3v) is 2.90. The lowest BCUT2D eigenvalue weighted by Crippen LogP contribution is -2.12. The van der Waals surface area contributed by atoms with Crippen LogP contribution in [0.15, 0.2) is 42.5 Å². The number of carbonyl (C=O) groups excluding carboxylic acids is 1. The largest absolute Gasteiger partial charge is 0.484 e. The highest BCUT2D eigenvalue weighted by atomic mass is 35.5. The molecule has 0 spiro atoms. The summed E-state index contributed by atoms with van der Waals surface area (Å²) in [7, 11) is 0. The highest BCUT2D eigenvalue weighted by Crippen LogP contribution is 2.25. The van der Waals surface area contributed by atoms with Gasteiger partial charge in [-0.2, -0.15) is 0 Å². The monoisotopic (exact) mass is 278 g/mol. The molecule has 0 saturated heterocycles. The minimum atomic E-state index is -0.445. The molecule has 0 radical (unpaired) electrons. The van der Waals surface area contributed by atoms with E-state index in [0.29, 0.717) is 10.8 Å². The van der Waals surface area contributed by atoms with E-state index < -0.39 is 5.82 Å². The first-order valence-corrected chi connectivity index (χ1v) is 6.12. The van der Waals surface area contributed by atoms with Crippen molar-refractivity contribution in [3.8, 4) is 5.75 Å². The Bertz CT molecular complexity index is 611. The predicted octanol–water partition coefficient (Wildman–Crippen LogP) is 4.05. The number of rotatable bonds is 4. The zero-order valence-electron chi connectivity index (χ0n) is 10.3. The Morgan fingerprint density at radius 1 is 1.26 bits per heavy atom. The molecule has 2 aromatic carbocycles. The first kappa shape index (κ1) is 13.6. The van der Waals surface area contributed by atoms with Gasteiger partial charge in [0.15, 0.2) is 12.4 Å². The van der Waals surface area contributed by atoms with Gasteiger partial charge in [0.05, 0.1) is 5.02 Å². The van der Waals surface area contributed by atoms with E-state index in [4.69, 9.17) is 16.3 Å². The summed E-state index contributed by atoms with van der Waals surface area (Å²) in [5, 5.41) is 0.442. The normalized spacial score (nSPS) is 10.3. The average molecular weight is 279 g/mol. The SMILES string of the molecule is Cc1ccc(Cl)c(OCC(=O)c2cccc(F)c2)c1. The van der Waals surface area contributed by atoms with Crippen LogP contribution in [0.4, 0.5) is 4.39 Å². The van der Waals surface area contributed by atoms with Crippen LogP contribution in [0.25, 0.3) is 0 Å². The van der Waals surface area contributed by atoms with E-state index in [1.165, 1.54) is 18.2 Å². The summed E-state index contributed by atoms with van der Waals surface area (Å²) in [5.41, 5.74) is 1.27. The first-order chi connectivity index (χ1) is 9.06. The van der Waals surface area contributed by atoms with Gasteiger partial charge in [-0.1, -0.05) is 29.8 Å². The Hall–Kier alpha value is -1.87. The molecule has 0 aliphatic heterocycles. The van der Waals surface area contributed by atoms with Crippen LogP contribution >= 0.6 is 11.6 Å². The average Bonchev–Trinajstić information content (AvgIpc) is 2.39. The number of halogens is 2. The zero-order chi connectivity index (χ0) is 13.8. The van der Waals surface area contributed by atoms with E-state index in [2.05, 4.69) is 0 Å². The van der Waals surface area contributed by atoms with Gasteiger partial charge in [0.1, 0.15) is 11.6 Å². The first-order valence-electron chi connectivity index (χ1n) is 5.74. The molecule has 98 valence electrons. The maximum Gasteiger partial charge on any atom is 0.200 e. The van der Waals surface area contributed by atoms with Crippen LogP contribution in [-0.4, -0.2) is 12.4 Å². The Labute approximate surface area is 115 Å². The number of hydrogen-bond donors (Lipinski definition) is 0. The lowest BCUT2D eigenvalue weighted by molar-refractivity contribution is 0.0921. The molecule has 2 aromatic rings. The Balaban J connectivity index is 2.06. The second-order valence-corrected chi connectivity index (χ2v) is 4.56. The fraction of sp³-hybridized carbons (Fsp3) is 0.133. The molecule has 0 N–H and O–H groups in total. The number of ketones is 1. The van der Waals surface area contributed by atoms with Crippen molar-refractivity contribution >= 4 is 17.4 Å². The van der Waals surface area contributed by atoms with Crippen LogP contribution in [-0.2, 0) is 0 Å². The Morgan fingerprint density at radius 3 is 2.79 bits per heavy atom. The Morgan fingerprint density at radius 2 is 2.05 bits per heavy atom. The van der Waals surface area contributed by atoms with Gasteiger partial charge >= 0.3 is 0 Å². The predicted molar refractivity (Wildman–Crippen MR) is 72.4 cm³/mol. The maximum atomic E-state index is 13.0. The summed E-state index contributed by atoms with van der Waals surface area (Å²) < 4.78 is 18.4. The van der Waals surface area contributed by atoms with Crippen LogP contribution in [0.5, 0.6) is 5.75 Å². The van der Waals surface area contributed by atoms with E-state index in [0.717, 1.165) is 5.56 Å². The van der Waals surface area contributed by atoms with Crippen molar-refractivity contribution in [2.45, 2.75) is 6.92 Å². The molecule has 0 heterocycles. The number of ether oxygens (including phenoxy) is 1. The van der Waals surface area contributed by atoms with Gasteiger partial charge in [0, 0.05) is 5.56 Å². The number of aryl methyl sites for hydroxylation is 1. The molecule has 0 fully saturated rings. The molecule has 0 aliphatic rings. The van der Waals surface area contributed by atoms with Gasteiger partial charge in [0.25, 0.3) is 0 Å². The summed E-state index contributed by atoms with van der Waals surface area (Å²) in [6.45, 7) is 1.73. The highest BCUT2D eigenvalue weighted by molar-refractivity contribution is 6.32. The molecule has 0 saturated carbocycles. The molecular weight excluding hydrogens is 267 g/mol. The van der Waals surface area contributed by atoms with Crippen molar-refractivity contribution in [1.82, 2.24) is 0 Å². The van der Waals surface area contributed by atoms with Crippen LogP contribution in [0, 0.1) is 12.7 Å². The van der Waals surface area contributed by atoms with Crippen molar-refractivity contribution in [2.24, 2.45) is 0 Å². The molecule has 0 unspecified atom stereocenters. The number of Topliss-reactive ketones (excluding diaryl/α,β-unsaturated/α-hetero) is 1. The van der Waals surface area contributed by atoms with E-state index in [-0.39, 0.29) is 18.0 Å². The van der Waals surface area contributed by atoms with Crippen molar-refractivity contribution in [2.75, 3.05) is 6.61 Å². The topological polar surface area (TPSA) is 26.3 Å². The van der Waals surface area contributed by atoms with Crippen LogP contribution < -0.4 is 4.74 Å². The molecular formula is C15H12ClFO2.